The molecule has 3 N–H and O–H groups in total. The van der Waals surface area contributed by atoms with Crippen LogP contribution in [0.3, 0.4) is 0 Å². The van der Waals surface area contributed by atoms with E-state index in [4.69, 9.17) is 5.84 Å². The monoisotopic (exact) mass is 194 g/mol. The highest BCUT2D eigenvalue weighted by Gasteiger charge is 2.01. The van der Waals surface area contributed by atoms with Crippen LogP contribution in [-0.2, 0) is 16.0 Å². The molecular formula is C10H14N2O2. The normalized spacial score (nSPS) is 9.57. The second-order valence-electron chi connectivity index (χ2n) is 2.92. The number of nitrogen functional groups attached to an aromatic ring is 1. The molecule has 0 aliphatic carbocycles. The Morgan fingerprint density at radius 2 is 2.36 bits per heavy atom. The van der Waals surface area contributed by atoms with Crippen molar-refractivity contribution >= 4 is 11.7 Å². The topological polar surface area (TPSA) is 64.3 Å². The molecule has 0 radical (unpaired) electrons. The maximum Gasteiger partial charge on any atom is 0.305 e. The number of aryl methyl sites for hydroxylation is 1. The average Bonchev–Trinajstić information content (AvgIpc) is 2.26. The fourth-order valence-corrected chi connectivity index (χ4v) is 1.17. The molecule has 0 amide bonds. The van der Waals surface area contributed by atoms with Gasteiger partial charge in [0.05, 0.1) is 7.11 Å². The quantitative estimate of drug-likeness (QED) is 0.427. The van der Waals surface area contributed by atoms with Gasteiger partial charge in [0.15, 0.2) is 0 Å². The second kappa shape index (κ2) is 5.24. The lowest BCUT2D eigenvalue weighted by Crippen LogP contribution is -2.07. The van der Waals surface area contributed by atoms with Crippen molar-refractivity contribution in [3.63, 3.8) is 0 Å². The first-order valence-electron chi connectivity index (χ1n) is 4.38. The van der Waals surface area contributed by atoms with Crippen LogP contribution in [0.4, 0.5) is 5.69 Å². The molecule has 1 aromatic rings. The van der Waals surface area contributed by atoms with Gasteiger partial charge in [0, 0.05) is 12.1 Å². The molecule has 76 valence electrons. The number of hydrogen-bond acceptors (Lipinski definition) is 4. The number of benzene rings is 1. The average molecular weight is 194 g/mol. The third-order valence-corrected chi connectivity index (χ3v) is 1.94. The molecule has 0 heterocycles. The molecule has 0 spiro atoms. The zero-order valence-electron chi connectivity index (χ0n) is 8.12. The van der Waals surface area contributed by atoms with E-state index < -0.39 is 0 Å². The lowest BCUT2D eigenvalue weighted by atomic mass is 10.1. The minimum Gasteiger partial charge on any atom is -0.469 e. The Bertz CT molecular complexity index is 313. The van der Waals surface area contributed by atoms with E-state index in [2.05, 4.69) is 10.2 Å². The Morgan fingerprint density at radius 1 is 1.57 bits per heavy atom. The minimum atomic E-state index is -0.198. The van der Waals surface area contributed by atoms with E-state index in [0.717, 1.165) is 11.3 Å². The van der Waals surface area contributed by atoms with E-state index in [1.807, 2.05) is 24.3 Å². The van der Waals surface area contributed by atoms with Gasteiger partial charge in [0.25, 0.3) is 0 Å². The second-order valence-corrected chi connectivity index (χ2v) is 2.92. The van der Waals surface area contributed by atoms with Crippen molar-refractivity contribution in [1.29, 1.82) is 0 Å². The molecule has 0 unspecified atom stereocenters. The Kier molecular flexibility index (Phi) is 3.94. The Balaban J connectivity index is 2.54. The number of carbonyl (C=O) groups is 1. The summed E-state index contributed by atoms with van der Waals surface area (Å²) in [4.78, 5) is 10.9. The largest absolute Gasteiger partial charge is 0.469 e. The van der Waals surface area contributed by atoms with Crippen LogP contribution in [0.25, 0.3) is 0 Å². The summed E-state index contributed by atoms with van der Waals surface area (Å²) in [6.07, 6.45) is 1.06. The van der Waals surface area contributed by atoms with Crippen molar-refractivity contribution in [3.05, 3.63) is 29.8 Å². The smallest absolute Gasteiger partial charge is 0.305 e. The van der Waals surface area contributed by atoms with E-state index >= 15 is 0 Å². The molecule has 0 aliphatic heterocycles. The van der Waals surface area contributed by atoms with Crippen LogP contribution in [0.15, 0.2) is 24.3 Å². The van der Waals surface area contributed by atoms with E-state index in [-0.39, 0.29) is 5.97 Å². The number of hydrazine groups is 1. The van der Waals surface area contributed by atoms with Gasteiger partial charge in [-0.15, -0.1) is 0 Å². The summed E-state index contributed by atoms with van der Waals surface area (Å²) >= 11 is 0. The number of ether oxygens (including phenoxy) is 1. The number of rotatable bonds is 4. The van der Waals surface area contributed by atoms with Gasteiger partial charge in [-0.3, -0.25) is 10.6 Å². The van der Waals surface area contributed by atoms with Crippen molar-refractivity contribution in [2.75, 3.05) is 12.5 Å². The van der Waals surface area contributed by atoms with Crippen LogP contribution in [0.1, 0.15) is 12.0 Å². The number of hydrogen-bond donors (Lipinski definition) is 2. The predicted molar refractivity (Wildman–Crippen MR) is 54.6 cm³/mol. The van der Waals surface area contributed by atoms with Gasteiger partial charge in [-0.1, -0.05) is 12.1 Å². The molecule has 0 saturated heterocycles. The SMILES string of the molecule is COC(=O)CCc1cccc(NN)c1. The molecule has 0 fully saturated rings. The third kappa shape index (κ3) is 3.06. The number of esters is 1. The van der Waals surface area contributed by atoms with Crippen molar-refractivity contribution in [1.82, 2.24) is 0 Å². The van der Waals surface area contributed by atoms with Crippen molar-refractivity contribution < 1.29 is 9.53 Å². The predicted octanol–water partition coefficient (Wildman–Crippen LogP) is 1.08. The number of carbonyl (C=O) groups excluding carboxylic acids is 1. The molecule has 0 atom stereocenters. The van der Waals surface area contributed by atoms with E-state index in [0.29, 0.717) is 12.8 Å². The first-order valence-corrected chi connectivity index (χ1v) is 4.38. The Morgan fingerprint density at radius 3 is 3.00 bits per heavy atom. The standard InChI is InChI=1S/C10H14N2O2/c1-14-10(13)6-5-8-3-2-4-9(7-8)12-11/h2-4,7,12H,5-6,11H2,1H3. The van der Waals surface area contributed by atoms with Crippen LogP contribution in [0, 0.1) is 0 Å². The molecule has 0 bridgehead atoms. The molecule has 0 saturated carbocycles. The lowest BCUT2D eigenvalue weighted by Gasteiger charge is -2.03. The zero-order valence-corrected chi connectivity index (χ0v) is 8.12. The fraction of sp³-hybridized carbons (Fsp3) is 0.300. The van der Waals surface area contributed by atoms with E-state index in [9.17, 15) is 4.79 Å². The molecule has 0 aromatic heterocycles. The maximum absolute atomic E-state index is 10.9. The Labute approximate surface area is 83.0 Å². The van der Waals surface area contributed by atoms with E-state index in [1.54, 1.807) is 0 Å². The van der Waals surface area contributed by atoms with Gasteiger partial charge in [0.1, 0.15) is 0 Å². The third-order valence-electron chi connectivity index (χ3n) is 1.94. The number of methoxy groups -OCH3 is 1. The van der Waals surface area contributed by atoms with Crippen molar-refractivity contribution in [3.8, 4) is 0 Å². The fourth-order valence-electron chi connectivity index (χ4n) is 1.17. The summed E-state index contributed by atoms with van der Waals surface area (Å²) in [5, 5.41) is 0. The van der Waals surface area contributed by atoms with Crippen LogP contribution in [0.5, 0.6) is 0 Å². The van der Waals surface area contributed by atoms with Gasteiger partial charge >= 0.3 is 5.97 Å². The minimum absolute atomic E-state index is 0.198. The summed E-state index contributed by atoms with van der Waals surface area (Å²) in [7, 11) is 1.39. The number of anilines is 1. The van der Waals surface area contributed by atoms with Gasteiger partial charge < -0.3 is 10.2 Å². The first kappa shape index (κ1) is 10.5. The maximum atomic E-state index is 10.9. The summed E-state index contributed by atoms with van der Waals surface area (Å²) in [6, 6.07) is 7.61. The number of nitrogens with two attached hydrogens (primary N) is 1. The van der Waals surface area contributed by atoms with Crippen molar-refractivity contribution in [2.45, 2.75) is 12.8 Å². The molecule has 0 aliphatic rings. The van der Waals surface area contributed by atoms with Gasteiger partial charge in [-0.25, -0.2) is 0 Å². The summed E-state index contributed by atoms with van der Waals surface area (Å²) in [5.74, 6) is 5.06. The number of nitrogens with one attached hydrogen (secondary N) is 1. The molecule has 4 heteroatoms. The van der Waals surface area contributed by atoms with Gasteiger partial charge in [-0.2, -0.15) is 0 Å². The summed E-state index contributed by atoms with van der Waals surface area (Å²) in [5.41, 5.74) is 4.45. The molecule has 1 rings (SSSR count). The lowest BCUT2D eigenvalue weighted by molar-refractivity contribution is -0.140. The van der Waals surface area contributed by atoms with Crippen LogP contribution in [-0.4, -0.2) is 13.1 Å². The summed E-state index contributed by atoms with van der Waals surface area (Å²) in [6.45, 7) is 0. The van der Waals surface area contributed by atoms with Crippen LogP contribution in [0.2, 0.25) is 0 Å². The zero-order chi connectivity index (χ0) is 10.4. The Hall–Kier alpha value is -1.55. The highest BCUT2D eigenvalue weighted by atomic mass is 16.5. The molecular weight excluding hydrogens is 180 g/mol. The first-order chi connectivity index (χ1) is 6.76. The van der Waals surface area contributed by atoms with E-state index in [1.165, 1.54) is 7.11 Å². The highest BCUT2D eigenvalue weighted by Crippen LogP contribution is 2.10. The molecule has 1 aromatic carbocycles. The van der Waals surface area contributed by atoms with Crippen LogP contribution < -0.4 is 11.3 Å². The van der Waals surface area contributed by atoms with Crippen molar-refractivity contribution in [2.24, 2.45) is 5.84 Å². The van der Waals surface area contributed by atoms with Gasteiger partial charge in [-0.05, 0) is 24.1 Å². The molecule has 14 heavy (non-hydrogen) atoms. The highest BCUT2D eigenvalue weighted by molar-refractivity contribution is 5.69. The molecule has 4 nitrogen and oxygen atoms in total. The van der Waals surface area contributed by atoms with Gasteiger partial charge in [0.2, 0.25) is 0 Å². The van der Waals surface area contributed by atoms with Crippen LogP contribution >= 0.6 is 0 Å². The summed E-state index contributed by atoms with van der Waals surface area (Å²) < 4.78 is 4.55.